The molecule has 15 aromatic rings. The molecule has 0 aliphatic rings. The number of aromatic nitrogens is 5. The van der Waals surface area contributed by atoms with Crippen molar-refractivity contribution >= 4 is 97.1 Å². The standard InChI is InChI=1S/C63H37N5OS/c1-3-16-38(17-4-1)61-64-62(66-63(65-61)48-25-15-24-46-45-22-10-14-29-58(45)70-60(46)48)41-36-55(59-47-23-9-13-28-56(47)69-57(59)37-41)68-52-27-12-8-21-44(52)50-35-40(31-33-54(50)68)39-30-32-53-49(34-39)43-20-7-11-26-51(43)67(53)42-18-5-2-6-19-42/h1-37H. The highest BCUT2D eigenvalue weighted by Gasteiger charge is 2.23. The Morgan fingerprint density at radius 2 is 0.900 bits per heavy atom. The van der Waals surface area contributed by atoms with E-state index in [4.69, 9.17) is 19.4 Å². The van der Waals surface area contributed by atoms with Crippen LogP contribution in [-0.2, 0) is 0 Å². The predicted octanol–water partition coefficient (Wildman–Crippen LogP) is 17.0. The molecule has 0 N–H and O–H groups in total. The highest BCUT2D eigenvalue weighted by molar-refractivity contribution is 7.26. The molecular weight excluding hydrogens is 875 g/mol. The number of furan rings is 1. The van der Waals surface area contributed by atoms with E-state index in [2.05, 4.69) is 203 Å². The molecule has 15 rings (SSSR count). The minimum absolute atomic E-state index is 0.567. The minimum Gasteiger partial charge on any atom is -0.456 e. The van der Waals surface area contributed by atoms with Crippen LogP contribution in [0.15, 0.2) is 229 Å². The van der Waals surface area contributed by atoms with Gasteiger partial charge in [-0.3, -0.25) is 0 Å². The van der Waals surface area contributed by atoms with Crippen LogP contribution in [0.4, 0.5) is 0 Å². The van der Waals surface area contributed by atoms with Crippen LogP contribution in [0.5, 0.6) is 0 Å². The summed E-state index contributed by atoms with van der Waals surface area (Å²) in [7, 11) is 0. The van der Waals surface area contributed by atoms with Gasteiger partial charge in [0.2, 0.25) is 0 Å². The van der Waals surface area contributed by atoms with E-state index in [1.807, 2.05) is 30.3 Å². The topological polar surface area (TPSA) is 61.7 Å². The average molecular weight is 912 g/mol. The SMILES string of the molecule is c1ccc(-c2nc(-c3cc(-n4c5ccccc5c5cc(-c6ccc7c(c6)c6ccccc6n7-c6ccccc6)ccc54)c4c(c3)oc3ccccc34)nc(-c3cccc4c3sc3ccccc34)n2)cc1. The van der Waals surface area contributed by atoms with E-state index in [0.29, 0.717) is 17.5 Å². The lowest BCUT2D eigenvalue weighted by molar-refractivity contribution is 0.669. The average Bonchev–Trinajstić information content (AvgIpc) is 4.18. The Morgan fingerprint density at radius 1 is 0.343 bits per heavy atom. The number of para-hydroxylation sites is 4. The van der Waals surface area contributed by atoms with Gasteiger partial charge in [0, 0.05) is 69.5 Å². The van der Waals surface area contributed by atoms with Crippen molar-refractivity contribution in [3.63, 3.8) is 0 Å². The van der Waals surface area contributed by atoms with Crippen molar-refractivity contribution in [3.05, 3.63) is 224 Å². The van der Waals surface area contributed by atoms with Crippen LogP contribution in [-0.4, -0.2) is 24.1 Å². The summed E-state index contributed by atoms with van der Waals surface area (Å²) in [4.78, 5) is 15.8. The zero-order valence-electron chi connectivity index (χ0n) is 37.4. The third-order valence-corrected chi connectivity index (χ3v) is 15.2. The van der Waals surface area contributed by atoms with E-state index in [-0.39, 0.29) is 0 Å². The van der Waals surface area contributed by atoms with Gasteiger partial charge in [0.15, 0.2) is 17.5 Å². The summed E-state index contributed by atoms with van der Waals surface area (Å²) >= 11 is 1.77. The second-order valence-electron chi connectivity index (χ2n) is 17.9. The molecule has 326 valence electrons. The Kier molecular flexibility index (Phi) is 8.43. The molecule has 5 heterocycles. The zero-order chi connectivity index (χ0) is 45.9. The highest BCUT2D eigenvalue weighted by Crippen LogP contribution is 2.44. The number of nitrogens with zero attached hydrogens (tertiary/aromatic N) is 5. The van der Waals surface area contributed by atoms with Crippen LogP contribution in [0.3, 0.4) is 0 Å². The Hall–Kier alpha value is -9.17. The fraction of sp³-hybridized carbons (Fsp3) is 0. The third kappa shape index (κ3) is 5.89. The van der Waals surface area contributed by atoms with Crippen LogP contribution in [0.25, 0.3) is 142 Å². The van der Waals surface area contributed by atoms with Crippen LogP contribution >= 0.6 is 11.3 Å². The lowest BCUT2D eigenvalue weighted by Crippen LogP contribution is -2.01. The first-order chi connectivity index (χ1) is 34.7. The molecule has 5 aromatic heterocycles. The monoisotopic (exact) mass is 911 g/mol. The van der Waals surface area contributed by atoms with Gasteiger partial charge in [-0.2, -0.15) is 0 Å². The van der Waals surface area contributed by atoms with Crippen molar-refractivity contribution in [2.45, 2.75) is 0 Å². The van der Waals surface area contributed by atoms with Gasteiger partial charge < -0.3 is 13.6 Å². The smallest absolute Gasteiger partial charge is 0.165 e. The fourth-order valence-corrected chi connectivity index (χ4v) is 12.0. The molecule has 0 bridgehead atoms. The summed E-state index contributed by atoms with van der Waals surface area (Å²) in [5, 5.41) is 9.28. The number of rotatable bonds is 6. The van der Waals surface area contributed by atoms with Gasteiger partial charge in [0.05, 0.1) is 33.1 Å². The first-order valence-electron chi connectivity index (χ1n) is 23.5. The summed E-state index contributed by atoms with van der Waals surface area (Å²) in [5.74, 6) is 1.80. The molecule has 0 fully saturated rings. The number of hydrogen-bond donors (Lipinski definition) is 0. The molecule has 0 radical (unpaired) electrons. The van der Waals surface area contributed by atoms with Crippen molar-refractivity contribution < 1.29 is 4.42 Å². The van der Waals surface area contributed by atoms with Crippen molar-refractivity contribution in [1.82, 2.24) is 24.1 Å². The van der Waals surface area contributed by atoms with Gasteiger partial charge in [0.1, 0.15) is 11.2 Å². The Bertz CT molecular complexity index is 4600. The Morgan fingerprint density at radius 3 is 1.64 bits per heavy atom. The van der Waals surface area contributed by atoms with E-state index < -0.39 is 0 Å². The first kappa shape index (κ1) is 38.9. The Balaban J connectivity index is 0.952. The van der Waals surface area contributed by atoms with E-state index in [9.17, 15) is 0 Å². The molecule has 0 spiro atoms. The van der Waals surface area contributed by atoms with Gasteiger partial charge in [-0.15, -0.1) is 11.3 Å². The molecule has 0 aliphatic heterocycles. The van der Waals surface area contributed by atoms with Crippen molar-refractivity contribution in [2.24, 2.45) is 0 Å². The summed E-state index contributed by atoms with van der Waals surface area (Å²) in [6, 6.07) is 79.7. The maximum Gasteiger partial charge on any atom is 0.165 e. The molecule has 0 amide bonds. The molecular formula is C63H37N5OS. The molecule has 0 unspecified atom stereocenters. The van der Waals surface area contributed by atoms with Gasteiger partial charge >= 0.3 is 0 Å². The predicted molar refractivity (Wildman–Crippen MR) is 290 cm³/mol. The van der Waals surface area contributed by atoms with Crippen molar-refractivity contribution in [1.29, 1.82) is 0 Å². The molecule has 0 aliphatic carbocycles. The normalized spacial score (nSPS) is 12.0. The lowest BCUT2D eigenvalue weighted by Gasteiger charge is -2.13. The van der Waals surface area contributed by atoms with E-state index >= 15 is 0 Å². The maximum atomic E-state index is 6.79. The third-order valence-electron chi connectivity index (χ3n) is 14.0. The maximum absolute atomic E-state index is 6.79. The number of fused-ring (bicyclic) bond motifs is 12. The number of hydrogen-bond acceptors (Lipinski definition) is 5. The van der Waals surface area contributed by atoms with Crippen LogP contribution in [0.1, 0.15) is 0 Å². The van der Waals surface area contributed by atoms with E-state index in [0.717, 1.165) is 82.1 Å². The fourth-order valence-electron chi connectivity index (χ4n) is 10.8. The summed E-state index contributed by atoms with van der Waals surface area (Å²) in [6.07, 6.45) is 0. The van der Waals surface area contributed by atoms with Gasteiger partial charge in [0.25, 0.3) is 0 Å². The second kappa shape index (κ2) is 15.2. The highest BCUT2D eigenvalue weighted by atomic mass is 32.1. The van der Waals surface area contributed by atoms with Crippen LogP contribution in [0, 0.1) is 0 Å². The summed E-state index contributed by atoms with van der Waals surface area (Å²) in [5.41, 5.74) is 13.3. The Labute approximate surface area is 404 Å². The molecule has 6 nitrogen and oxygen atoms in total. The number of benzene rings is 10. The molecule has 10 aromatic carbocycles. The molecule has 0 saturated heterocycles. The quantitative estimate of drug-likeness (QED) is 0.167. The van der Waals surface area contributed by atoms with E-state index in [1.54, 1.807) is 11.3 Å². The molecule has 0 saturated carbocycles. The van der Waals surface area contributed by atoms with Gasteiger partial charge in [-0.25, -0.2) is 15.0 Å². The largest absolute Gasteiger partial charge is 0.456 e. The van der Waals surface area contributed by atoms with Gasteiger partial charge in [-0.1, -0.05) is 146 Å². The summed E-state index contributed by atoms with van der Waals surface area (Å²) < 4.78 is 13.9. The molecule has 7 heteroatoms. The molecule has 70 heavy (non-hydrogen) atoms. The first-order valence-corrected chi connectivity index (χ1v) is 24.3. The zero-order valence-corrected chi connectivity index (χ0v) is 38.2. The lowest BCUT2D eigenvalue weighted by atomic mass is 10.0. The number of thiophene rings is 1. The second-order valence-corrected chi connectivity index (χ2v) is 19.0. The van der Waals surface area contributed by atoms with Crippen LogP contribution in [0.2, 0.25) is 0 Å². The van der Waals surface area contributed by atoms with Crippen LogP contribution < -0.4 is 0 Å². The summed E-state index contributed by atoms with van der Waals surface area (Å²) in [6.45, 7) is 0. The minimum atomic E-state index is 0.567. The van der Waals surface area contributed by atoms with Gasteiger partial charge in [-0.05, 0) is 90.0 Å². The van der Waals surface area contributed by atoms with E-state index in [1.165, 1.54) is 42.8 Å². The molecule has 0 atom stereocenters. The van der Waals surface area contributed by atoms with Crippen molar-refractivity contribution in [3.8, 4) is 56.7 Å². The van der Waals surface area contributed by atoms with Crippen molar-refractivity contribution in [2.75, 3.05) is 0 Å².